The number of amides is 1. The van der Waals surface area contributed by atoms with Crippen LogP contribution in [0.5, 0.6) is 0 Å². The molecule has 2 heterocycles. The summed E-state index contributed by atoms with van der Waals surface area (Å²) in [6.45, 7) is 3.59. The highest BCUT2D eigenvalue weighted by atomic mass is 32.2. The fourth-order valence-corrected chi connectivity index (χ4v) is 5.26. The summed E-state index contributed by atoms with van der Waals surface area (Å²) in [5.41, 5.74) is 1.76. The molecule has 2 aliphatic rings. The predicted molar refractivity (Wildman–Crippen MR) is 126 cm³/mol. The summed E-state index contributed by atoms with van der Waals surface area (Å²) in [5, 5.41) is 11.6. The van der Waals surface area contributed by atoms with Gasteiger partial charge in [-0.15, -0.1) is 0 Å². The summed E-state index contributed by atoms with van der Waals surface area (Å²) in [7, 11) is 0. The Hall–Kier alpha value is -3.14. The number of hydrogen-bond donors (Lipinski definition) is 0. The molecule has 1 atom stereocenters. The van der Waals surface area contributed by atoms with Crippen LogP contribution in [0.2, 0.25) is 0 Å². The second kappa shape index (κ2) is 9.78. The Balaban J connectivity index is 1.49. The highest BCUT2D eigenvalue weighted by Crippen LogP contribution is 2.29. The van der Waals surface area contributed by atoms with Crippen molar-refractivity contribution in [2.45, 2.75) is 13.1 Å². The Morgan fingerprint density at radius 3 is 2.45 bits per heavy atom. The number of para-hydroxylation sites is 1. The van der Waals surface area contributed by atoms with Crippen LogP contribution in [0.25, 0.3) is 0 Å². The molecule has 33 heavy (non-hydrogen) atoms. The number of halogens is 1. The largest absolute Gasteiger partial charge is 0.366 e. The fourth-order valence-electron chi connectivity index (χ4n) is 4.25. The van der Waals surface area contributed by atoms with Gasteiger partial charge in [0.1, 0.15) is 5.82 Å². The Morgan fingerprint density at radius 1 is 1.06 bits per heavy atom. The first-order valence-corrected chi connectivity index (χ1v) is 11.9. The highest BCUT2D eigenvalue weighted by Gasteiger charge is 2.35. The normalized spacial score (nSPS) is 18.8. The molecule has 10 heteroatoms. The van der Waals surface area contributed by atoms with Gasteiger partial charge in [-0.3, -0.25) is 19.7 Å². The van der Waals surface area contributed by atoms with Crippen molar-refractivity contribution >= 4 is 34.8 Å². The zero-order chi connectivity index (χ0) is 23.5. The van der Waals surface area contributed by atoms with Gasteiger partial charge in [-0.1, -0.05) is 12.1 Å². The number of piperazine rings is 1. The molecule has 2 saturated heterocycles. The van der Waals surface area contributed by atoms with E-state index >= 15 is 0 Å². The van der Waals surface area contributed by atoms with Crippen molar-refractivity contribution < 1.29 is 18.9 Å². The van der Waals surface area contributed by atoms with Gasteiger partial charge in [0.25, 0.3) is 12.1 Å². The van der Waals surface area contributed by atoms with Gasteiger partial charge in [0.15, 0.2) is 5.78 Å². The lowest BCUT2D eigenvalue weighted by Gasteiger charge is -2.37. The second-order valence-corrected chi connectivity index (χ2v) is 9.20. The highest BCUT2D eigenvalue weighted by molar-refractivity contribution is 7.99. The minimum atomic E-state index is -0.865. The van der Waals surface area contributed by atoms with Crippen LogP contribution in [0.4, 0.5) is 15.8 Å². The first kappa shape index (κ1) is 23.0. The molecule has 2 aromatic carbocycles. The number of ketones is 1. The number of Topliss-reactive ketones (excluding diaryl/α,β-unsaturated/α-hetero) is 1. The first-order valence-electron chi connectivity index (χ1n) is 10.8. The third-order valence-electron chi connectivity index (χ3n) is 6.05. The number of hydrogen-bond acceptors (Lipinski definition) is 7. The summed E-state index contributed by atoms with van der Waals surface area (Å²) in [5.74, 6) is 0.308. The Bertz CT molecular complexity index is 1070. The van der Waals surface area contributed by atoms with Crippen LogP contribution < -0.4 is 9.80 Å². The zero-order valence-corrected chi connectivity index (χ0v) is 19.1. The number of nitrogens with zero attached hydrogens (tertiary/aromatic N) is 4. The van der Waals surface area contributed by atoms with E-state index in [0.717, 1.165) is 5.75 Å². The average molecular weight is 473 g/mol. The van der Waals surface area contributed by atoms with Crippen LogP contribution in [0.3, 0.4) is 0 Å². The van der Waals surface area contributed by atoms with Gasteiger partial charge in [0.05, 0.1) is 22.7 Å². The van der Waals surface area contributed by atoms with Crippen molar-refractivity contribution in [3.63, 3.8) is 0 Å². The molecule has 0 aliphatic carbocycles. The van der Waals surface area contributed by atoms with Gasteiger partial charge in [-0.2, -0.15) is 11.8 Å². The Labute approximate surface area is 195 Å². The number of benzene rings is 2. The number of carbonyl (C=O) groups is 2. The molecule has 0 radical (unpaired) electrons. The topological polar surface area (TPSA) is 87.0 Å². The van der Waals surface area contributed by atoms with Gasteiger partial charge in [0.2, 0.25) is 0 Å². The third-order valence-corrected chi connectivity index (χ3v) is 7.06. The molecule has 0 spiro atoms. The van der Waals surface area contributed by atoms with Gasteiger partial charge in [-0.05, 0) is 37.3 Å². The Kier molecular flexibility index (Phi) is 6.83. The van der Waals surface area contributed by atoms with Crippen molar-refractivity contribution in [3.05, 3.63) is 69.5 Å². The van der Waals surface area contributed by atoms with E-state index in [2.05, 4.69) is 0 Å². The molecule has 2 fully saturated rings. The van der Waals surface area contributed by atoms with Gasteiger partial charge >= 0.3 is 0 Å². The van der Waals surface area contributed by atoms with Crippen LogP contribution in [0.1, 0.15) is 27.6 Å². The standard InChI is InChI=1S/C23H25FN4O4S/c1-16(29)17-6-7-21(19(24)14-17)25-8-10-26(11-9-25)23(30)18-4-2-3-5-20(18)27-12-13-33-15-22(27)28(31)32/h2-7,14,22H,8-13,15H2,1H3. The quantitative estimate of drug-likeness (QED) is 0.375. The van der Waals surface area contributed by atoms with Crippen molar-refractivity contribution in [3.8, 4) is 0 Å². The van der Waals surface area contributed by atoms with Crippen LogP contribution in [0.15, 0.2) is 42.5 Å². The van der Waals surface area contributed by atoms with E-state index in [4.69, 9.17) is 0 Å². The fraction of sp³-hybridized carbons (Fsp3) is 0.391. The SMILES string of the molecule is CC(=O)c1ccc(N2CCN(C(=O)c3ccccc3N3CCSCC3[N+](=O)[O-])CC2)c(F)c1. The predicted octanol–water partition coefficient (Wildman–Crippen LogP) is 3.15. The van der Waals surface area contributed by atoms with E-state index in [1.54, 1.807) is 58.0 Å². The van der Waals surface area contributed by atoms with Crippen molar-refractivity contribution in [2.75, 3.05) is 54.0 Å². The molecule has 0 aromatic heterocycles. The molecule has 0 bridgehead atoms. The van der Waals surface area contributed by atoms with Crippen molar-refractivity contribution in [1.82, 2.24) is 4.90 Å². The maximum Gasteiger partial charge on any atom is 0.296 e. The minimum Gasteiger partial charge on any atom is -0.366 e. The molecule has 2 aromatic rings. The van der Waals surface area contributed by atoms with Gasteiger partial charge in [-0.25, -0.2) is 4.39 Å². The van der Waals surface area contributed by atoms with E-state index < -0.39 is 12.0 Å². The average Bonchev–Trinajstić information content (AvgIpc) is 2.83. The maximum atomic E-state index is 14.5. The molecule has 0 saturated carbocycles. The molecule has 1 amide bonds. The van der Waals surface area contributed by atoms with Gasteiger partial charge in [0, 0.05) is 49.0 Å². The van der Waals surface area contributed by atoms with E-state index in [0.29, 0.717) is 61.0 Å². The summed E-state index contributed by atoms with van der Waals surface area (Å²) in [6.07, 6.45) is -0.865. The third kappa shape index (κ3) is 4.80. The van der Waals surface area contributed by atoms with Gasteiger partial charge < -0.3 is 14.7 Å². The summed E-state index contributed by atoms with van der Waals surface area (Å²) in [6, 6.07) is 11.5. The van der Waals surface area contributed by atoms with Crippen LogP contribution in [0, 0.1) is 15.9 Å². The summed E-state index contributed by atoms with van der Waals surface area (Å²) >= 11 is 1.54. The lowest BCUT2D eigenvalue weighted by atomic mass is 10.1. The number of thioether (sulfide) groups is 1. The molecule has 4 rings (SSSR count). The van der Waals surface area contributed by atoms with Crippen LogP contribution in [-0.4, -0.2) is 71.9 Å². The summed E-state index contributed by atoms with van der Waals surface area (Å²) < 4.78 is 14.5. The lowest BCUT2D eigenvalue weighted by molar-refractivity contribution is -0.515. The molecule has 1 unspecified atom stereocenters. The zero-order valence-electron chi connectivity index (χ0n) is 18.3. The summed E-state index contributed by atoms with van der Waals surface area (Å²) in [4.78, 5) is 41.4. The number of nitro groups is 1. The van der Waals surface area contributed by atoms with E-state index in [1.165, 1.54) is 13.0 Å². The van der Waals surface area contributed by atoms with Crippen LogP contribution in [-0.2, 0) is 0 Å². The molecule has 2 aliphatic heterocycles. The van der Waals surface area contributed by atoms with Crippen molar-refractivity contribution in [2.24, 2.45) is 0 Å². The van der Waals surface area contributed by atoms with E-state index in [-0.39, 0.29) is 16.6 Å². The smallest absolute Gasteiger partial charge is 0.296 e. The minimum absolute atomic E-state index is 0.182. The number of anilines is 2. The van der Waals surface area contributed by atoms with Crippen molar-refractivity contribution in [1.29, 1.82) is 0 Å². The van der Waals surface area contributed by atoms with E-state index in [9.17, 15) is 24.1 Å². The lowest BCUT2D eigenvalue weighted by Crippen LogP contribution is -2.50. The second-order valence-electron chi connectivity index (χ2n) is 8.05. The maximum absolute atomic E-state index is 14.5. The Morgan fingerprint density at radius 2 is 1.79 bits per heavy atom. The molecular formula is C23H25FN4O4S. The van der Waals surface area contributed by atoms with Crippen LogP contribution >= 0.6 is 11.8 Å². The molecule has 174 valence electrons. The molecule has 8 nitrogen and oxygen atoms in total. The first-order chi connectivity index (χ1) is 15.9. The molecular weight excluding hydrogens is 447 g/mol. The number of rotatable bonds is 5. The monoisotopic (exact) mass is 472 g/mol. The van der Waals surface area contributed by atoms with E-state index in [1.807, 2.05) is 4.90 Å². The molecule has 0 N–H and O–H groups in total. The number of carbonyl (C=O) groups excluding carboxylic acids is 2.